The van der Waals surface area contributed by atoms with E-state index in [4.69, 9.17) is 9.84 Å². The number of aromatic nitrogens is 1. The van der Waals surface area contributed by atoms with E-state index in [1.807, 2.05) is 24.3 Å². The molecule has 1 N–H and O–H groups in total. The van der Waals surface area contributed by atoms with Crippen molar-refractivity contribution < 1.29 is 19.6 Å². The van der Waals surface area contributed by atoms with E-state index in [1.54, 1.807) is 43.5 Å². The molecule has 0 amide bonds. The first kappa shape index (κ1) is 22.2. The number of carboxylic acid groups (broad SMARTS) is 1. The molecule has 0 fully saturated rings. The Bertz CT molecular complexity index is 1290. The zero-order chi connectivity index (χ0) is 23.4. The molecule has 0 bridgehead atoms. The fourth-order valence-electron chi connectivity index (χ4n) is 3.47. The molecule has 3 aromatic carbocycles. The maximum atomic E-state index is 11.4. The van der Waals surface area contributed by atoms with E-state index < -0.39 is 10.9 Å². The van der Waals surface area contributed by atoms with Gasteiger partial charge in [0.2, 0.25) is 0 Å². The van der Waals surface area contributed by atoms with Crippen molar-refractivity contribution in [3.05, 3.63) is 93.5 Å². The van der Waals surface area contributed by atoms with Gasteiger partial charge in [-0.05, 0) is 47.9 Å². The first-order chi connectivity index (χ1) is 15.9. The molecular weight excluding hydrogens is 442 g/mol. The van der Waals surface area contributed by atoms with Crippen molar-refractivity contribution in [1.82, 2.24) is 4.98 Å². The Morgan fingerprint density at radius 2 is 1.79 bits per heavy atom. The standard InChI is InChI=1S/C24H21N3O5S/c1-32-19-11-7-16(8-12-19)13-14-26(15-17-5-9-18(10-6-17)23(28)29)24-25-20-3-2-4-21(27(30)31)22(20)33-24/h2-12H,13-15H2,1H3,(H,28,29). The summed E-state index contributed by atoms with van der Waals surface area (Å²) in [7, 11) is 1.62. The number of carboxylic acids is 1. The van der Waals surface area contributed by atoms with E-state index in [9.17, 15) is 14.9 Å². The molecule has 0 spiro atoms. The first-order valence-corrected chi connectivity index (χ1v) is 11.0. The van der Waals surface area contributed by atoms with E-state index >= 15 is 0 Å². The Morgan fingerprint density at radius 1 is 1.09 bits per heavy atom. The van der Waals surface area contributed by atoms with Crippen LogP contribution in [0.1, 0.15) is 21.5 Å². The van der Waals surface area contributed by atoms with Gasteiger partial charge in [0, 0.05) is 19.2 Å². The molecule has 9 heteroatoms. The van der Waals surface area contributed by atoms with Crippen molar-refractivity contribution in [2.75, 3.05) is 18.6 Å². The minimum Gasteiger partial charge on any atom is -0.497 e. The number of hydrogen-bond donors (Lipinski definition) is 1. The van der Waals surface area contributed by atoms with Gasteiger partial charge in [0.25, 0.3) is 5.69 Å². The van der Waals surface area contributed by atoms with Gasteiger partial charge < -0.3 is 14.7 Å². The van der Waals surface area contributed by atoms with Crippen LogP contribution in [-0.2, 0) is 13.0 Å². The molecular formula is C24H21N3O5S. The summed E-state index contributed by atoms with van der Waals surface area (Å²) >= 11 is 1.29. The number of anilines is 1. The highest BCUT2D eigenvalue weighted by Crippen LogP contribution is 2.35. The summed E-state index contributed by atoms with van der Waals surface area (Å²) in [5, 5.41) is 21.3. The number of fused-ring (bicyclic) bond motifs is 1. The largest absolute Gasteiger partial charge is 0.497 e. The number of methoxy groups -OCH3 is 1. The van der Waals surface area contributed by atoms with E-state index in [-0.39, 0.29) is 11.3 Å². The number of carbonyl (C=O) groups is 1. The van der Waals surface area contributed by atoms with Gasteiger partial charge in [-0.25, -0.2) is 9.78 Å². The third kappa shape index (κ3) is 5.09. The van der Waals surface area contributed by atoms with Gasteiger partial charge in [-0.1, -0.05) is 41.7 Å². The summed E-state index contributed by atoms with van der Waals surface area (Å²) in [6, 6.07) is 19.4. The van der Waals surface area contributed by atoms with Gasteiger partial charge in [0.15, 0.2) is 5.13 Å². The Balaban J connectivity index is 1.64. The highest BCUT2D eigenvalue weighted by Gasteiger charge is 2.19. The Kier molecular flexibility index (Phi) is 6.50. The number of nitro benzene ring substituents is 1. The predicted octanol–water partition coefficient (Wildman–Crippen LogP) is 5.16. The van der Waals surface area contributed by atoms with Crippen LogP contribution >= 0.6 is 11.3 Å². The molecule has 4 aromatic rings. The summed E-state index contributed by atoms with van der Waals surface area (Å²) in [5.41, 5.74) is 2.88. The molecule has 1 aromatic heterocycles. The minimum absolute atomic E-state index is 0.0390. The van der Waals surface area contributed by atoms with Crippen LogP contribution in [0.3, 0.4) is 0 Å². The number of aromatic carboxylic acids is 1. The summed E-state index contributed by atoms with van der Waals surface area (Å²) in [4.78, 5) is 28.9. The lowest BCUT2D eigenvalue weighted by molar-refractivity contribution is -0.382. The summed E-state index contributed by atoms with van der Waals surface area (Å²) in [6.07, 6.45) is 0.731. The van der Waals surface area contributed by atoms with Crippen LogP contribution in [0.5, 0.6) is 5.75 Å². The maximum absolute atomic E-state index is 11.4. The van der Waals surface area contributed by atoms with Crippen LogP contribution in [-0.4, -0.2) is 34.6 Å². The highest BCUT2D eigenvalue weighted by molar-refractivity contribution is 7.22. The lowest BCUT2D eigenvalue weighted by Crippen LogP contribution is -2.25. The van der Waals surface area contributed by atoms with Crippen LogP contribution in [0.2, 0.25) is 0 Å². The number of ether oxygens (including phenoxy) is 1. The second-order valence-electron chi connectivity index (χ2n) is 7.40. The number of thiazole rings is 1. The second kappa shape index (κ2) is 9.66. The van der Waals surface area contributed by atoms with Gasteiger partial charge in [-0.3, -0.25) is 10.1 Å². The van der Waals surface area contributed by atoms with Crippen LogP contribution in [0.4, 0.5) is 10.8 Å². The third-order valence-electron chi connectivity index (χ3n) is 5.25. The zero-order valence-corrected chi connectivity index (χ0v) is 18.6. The number of nitrogens with zero attached hydrogens (tertiary/aromatic N) is 3. The predicted molar refractivity (Wildman–Crippen MR) is 127 cm³/mol. The van der Waals surface area contributed by atoms with E-state index in [0.717, 1.165) is 23.3 Å². The van der Waals surface area contributed by atoms with Crippen molar-refractivity contribution in [2.24, 2.45) is 0 Å². The Morgan fingerprint density at radius 3 is 2.42 bits per heavy atom. The van der Waals surface area contributed by atoms with Crippen molar-refractivity contribution in [3.63, 3.8) is 0 Å². The van der Waals surface area contributed by atoms with Crippen LogP contribution in [0.25, 0.3) is 10.2 Å². The van der Waals surface area contributed by atoms with Gasteiger partial charge in [-0.15, -0.1) is 0 Å². The monoisotopic (exact) mass is 463 g/mol. The average molecular weight is 464 g/mol. The molecule has 168 valence electrons. The molecule has 33 heavy (non-hydrogen) atoms. The fourth-order valence-corrected chi connectivity index (χ4v) is 4.55. The molecule has 0 aliphatic rings. The molecule has 0 aliphatic heterocycles. The Labute approximate surface area is 193 Å². The lowest BCUT2D eigenvalue weighted by Gasteiger charge is -2.22. The quantitative estimate of drug-likeness (QED) is 0.270. The topological polar surface area (TPSA) is 106 Å². The van der Waals surface area contributed by atoms with Crippen molar-refractivity contribution in [2.45, 2.75) is 13.0 Å². The molecule has 1 heterocycles. The normalized spacial score (nSPS) is 10.8. The molecule has 8 nitrogen and oxygen atoms in total. The molecule has 0 saturated carbocycles. The molecule has 4 rings (SSSR count). The van der Waals surface area contributed by atoms with Crippen molar-refractivity contribution >= 4 is 38.3 Å². The van der Waals surface area contributed by atoms with E-state index in [1.165, 1.54) is 17.4 Å². The SMILES string of the molecule is COc1ccc(CCN(Cc2ccc(C(=O)O)cc2)c2nc3cccc([N+](=O)[O-])c3s2)cc1. The van der Waals surface area contributed by atoms with Crippen molar-refractivity contribution in [1.29, 1.82) is 0 Å². The number of non-ortho nitro benzene ring substituents is 1. The lowest BCUT2D eigenvalue weighted by atomic mass is 10.1. The van der Waals surface area contributed by atoms with E-state index in [2.05, 4.69) is 9.88 Å². The second-order valence-corrected chi connectivity index (χ2v) is 8.38. The van der Waals surface area contributed by atoms with Crippen molar-refractivity contribution in [3.8, 4) is 5.75 Å². The average Bonchev–Trinajstić information content (AvgIpc) is 3.26. The van der Waals surface area contributed by atoms with E-state index in [0.29, 0.717) is 28.4 Å². The first-order valence-electron chi connectivity index (χ1n) is 10.2. The molecule has 0 aliphatic carbocycles. The van der Waals surface area contributed by atoms with Gasteiger partial charge >= 0.3 is 5.97 Å². The third-order valence-corrected chi connectivity index (χ3v) is 6.41. The number of rotatable bonds is 9. The fraction of sp³-hybridized carbons (Fsp3) is 0.167. The molecule has 0 unspecified atom stereocenters. The number of hydrogen-bond acceptors (Lipinski definition) is 7. The van der Waals surface area contributed by atoms with Gasteiger partial charge in [0.05, 0.1) is 23.1 Å². The molecule has 0 radical (unpaired) electrons. The van der Waals surface area contributed by atoms with Crippen LogP contribution in [0.15, 0.2) is 66.7 Å². The van der Waals surface area contributed by atoms with Gasteiger partial charge in [-0.2, -0.15) is 0 Å². The zero-order valence-electron chi connectivity index (χ0n) is 17.8. The maximum Gasteiger partial charge on any atom is 0.335 e. The van der Waals surface area contributed by atoms with Crippen LogP contribution in [0, 0.1) is 10.1 Å². The highest BCUT2D eigenvalue weighted by atomic mass is 32.1. The summed E-state index contributed by atoms with van der Waals surface area (Å²) in [5.74, 6) is -0.191. The molecule has 0 saturated heterocycles. The number of nitro groups is 1. The summed E-state index contributed by atoms with van der Waals surface area (Å²) in [6.45, 7) is 1.12. The molecule has 0 atom stereocenters. The van der Waals surface area contributed by atoms with Gasteiger partial charge in [0.1, 0.15) is 10.4 Å². The smallest absolute Gasteiger partial charge is 0.335 e. The Hall–Kier alpha value is -3.98. The van der Waals surface area contributed by atoms with Crippen LogP contribution < -0.4 is 9.64 Å². The minimum atomic E-state index is -0.976. The number of benzene rings is 3. The summed E-state index contributed by atoms with van der Waals surface area (Å²) < 4.78 is 5.75.